The van der Waals surface area contributed by atoms with Crippen LogP contribution in [0.1, 0.15) is 20.3 Å². The molecule has 0 aromatic heterocycles. The second-order valence-electron chi connectivity index (χ2n) is 2.39. The van der Waals surface area contributed by atoms with Gasteiger partial charge in [-0.2, -0.15) is 0 Å². The van der Waals surface area contributed by atoms with Gasteiger partial charge in [0.1, 0.15) is 0 Å². The van der Waals surface area contributed by atoms with E-state index in [4.69, 9.17) is 4.43 Å². The van der Waals surface area contributed by atoms with Crippen molar-refractivity contribution < 1.29 is 9.22 Å². The first-order valence-corrected chi connectivity index (χ1v) is 5.67. The zero-order chi connectivity index (χ0) is 8.53. The van der Waals surface area contributed by atoms with Crippen molar-refractivity contribution in [1.29, 1.82) is 0 Å². The summed E-state index contributed by atoms with van der Waals surface area (Å²) in [6.45, 7) is 5.20. The molecule has 0 aromatic rings. The first-order chi connectivity index (χ1) is 5.27. The monoisotopic (exact) mass is 175 g/mol. The Labute approximate surface area is 70.5 Å². The maximum Gasteiger partial charge on any atom is 0.216 e. The van der Waals surface area contributed by atoms with Crippen LogP contribution in [0.25, 0.3) is 0 Å². The predicted octanol–water partition coefficient (Wildman–Crippen LogP) is 0.0512. The maximum absolute atomic E-state index is 10.4. The molecule has 0 radical (unpaired) electrons. The van der Waals surface area contributed by atoms with E-state index >= 15 is 0 Å². The first kappa shape index (κ1) is 10.6. The van der Waals surface area contributed by atoms with Gasteiger partial charge in [0, 0.05) is 20.1 Å². The van der Waals surface area contributed by atoms with Crippen LogP contribution in [0.15, 0.2) is 0 Å². The molecular weight excluding hydrogens is 158 g/mol. The van der Waals surface area contributed by atoms with Gasteiger partial charge in [-0.25, -0.2) is 0 Å². The second kappa shape index (κ2) is 7.75. The number of hydrogen-bond acceptors (Lipinski definition) is 2. The van der Waals surface area contributed by atoms with Crippen LogP contribution in [-0.2, 0) is 9.22 Å². The molecule has 0 bridgehead atoms. The van der Waals surface area contributed by atoms with Crippen LogP contribution in [-0.4, -0.2) is 28.8 Å². The minimum Gasteiger partial charge on any atom is -0.424 e. The van der Waals surface area contributed by atoms with Gasteiger partial charge in [-0.1, -0.05) is 0 Å². The van der Waals surface area contributed by atoms with Crippen molar-refractivity contribution in [2.75, 3.05) is 13.2 Å². The fourth-order valence-electron chi connectivity index (χ4n) is 0.738. The van der Waals surface area contributed by atoms with E-state index in [0.717, 1.165) is 25.6 Å². The number of amides is 1. The van der Waals surface area contributed by atoms with Gasteiger partial charge < -0.3 is 9.74 Å². The Morgan fingerprint density at radius 2 is 2.36 bits per heavy atom. The molecule has 66 valence electrons. The van der Waals surface area contributed by atoms with Crippen LogP contribution in [0.5, 0.6) is 0 Å². The van der Waals surface area contributed by atoms with Crippen molar-refractivity contribution in [3.8, 4) is 0 Å². The van der Waals surface area contributed by atoms with Crippen molar-refractivity contribution >= 4 is 15.7 Å². The van der Waals surface area contributed by atoms with Crippen LogP contribution in [0.3, 0.4) is 0 Å². The number of carbonyl (C=O) groups is 1. The third-order valence-corrected chi connectivity index (χ3v) is 2.78. The van der Waals surface area contributed by atoms with E-state index in [2.05, 4.69) is 5.32 Å². The Morgan fingerprint density at radius 1 is 1.64 bits per heavy atom. The highest BCUT2D eigenvalue weighted by atomic mass is 28.2. The first-order valence-electron chi connectivity index (χ1n) is 4.09. The average Bonchev–Trinajstić information content (AvgIpc) is 1.96. The average molecular weight is 175 g/mol. The lowest BCUT2D eigenvalue weighted by molar-refractivity contribution is -0.118. The van der Waals surface area contributed by atoms with Crippen molar-refractivity contribution in [1.82, 2.24) is 5.32 Å². The number of nitrogens with one attached hydrogen (secondary N) is 1. The summed E-state index contributed by atoms with van der Waals surface area (Å²) in [5.74, 6) is 0.0584. The third kappa shape index (κ3) is 9.65. The molecule has 1 amide bonds. The molecule has 0 aliphatic heterocycles. The van der Waals surface area contributed by atoms with Gasteiger partial charge in [-0.3, -0.25) is 4.79 Å². The highest BCUT2D eigenvalue weighted by molar-refractivity contribution is 6.26. The van der Waals surface area contributed by atoms with Crippen LogP contribution >= 0.6 is 0 Å². The van der Waals surface area contributed by atoms with Crippen molar-refractivity contribution in [2.24, 2.45) is 0 Å². The van der Waals surface area contributed by atoms with Crippen LogP contribution < -0.4 is 5.32 Å². The molecule has 0 saturated carbocycles. The van der Waals surface area contributed by atoms with Gasteiger partial charge in [0.2, 0.25) is 5.91 Å². The highest BCUT2D eigenvalue weighted by Gasteiger charge is 1.91. The summed E-state index contributed by atoms with van der Waals surface area (Å²) < 4.78 is 5.27. The van der Waals surface area contributed by atoms with E-state index in [1.54, 1.807) is 6.92 Å². The van der Waals surface area contributed by atoms with E-state index in [1.807, 2.05) is 6.92 Å². The van der Waals surface area contributed by atoms with Crippen molar-refractivity contribution in [3.05, 3.63) is 0 Å². The molecule has 0 fully saturated rings. The van der Waals surface area contributed by atoms with Crippen LogP contribution in [0.4, 0.5) is 0 Å². The minimum atomic E-state index is -0.285. The van der Waals surface area contributed by atoms with Gasteiger partial charge in [0.25, 0.3) is 0 Å². The predicted molar refractivity (Wildman–Crippen MR) is 48.3 cm³/mol. The summed E-state index contributed by atoms with van der Waals surface area (Å²) in [6.07, 6.45) is 1.06. The molecular formula is C7H17NO2Si. The number of carbonyl (C=O) groups excluding carboxylic acids is 1. The van der Waals surface area contributed by atoms with Gasteiger partial charge in [0.15, 0.2) is 9.76 Å². The third-order valence-electron chi connectivity index (χ3n) is 1.29. The van der Waals surface area contributed by atoms with Crippen molar-refractivity contribution in [2.45, 2.75) is 26.3 Å². The van der Waals surface area contributed by atoms with E-state index in [1.165, 1.54) is 0 Å². The zero-order valence-electron chi connectivity index (χ0n) is 7.35. The highest BCUT2D eigenvalue weighted by Crippen LogP contribution is 1.86. The summed E-state index contributed by atoms with van der Waals surface area (Å²) in [5, 5.41) is 2.75. The topological polar surface area (TPSA) is 38.3 Å². The summed E-state index contributed by atoms with van der Waals surface area (Å²) in [7, 11) is -0.285. The Morgan fingerprint density at radius 3 is 2.91 bits per heavy atom. The molecule has 0 heterocycles. The molecule has 0 atom stereocenters. The quantitative estimate of drug-likeness (QED) is 0.457. The molecule has 0 unspecified atom stereocenters. The lowest BCUT2D eigenvalue weighted by Crippen LogP contribution is -2.21. The fourth-order valence-corrected chi connectivity index (χ4v) is 1.68. The van der Waals surface area contributed by atoms with Gasteiger partial charge in [-0.05, 0) is 19.4 Å². The SMILES string of the molecule is CCO[SiH2]CCCNC(C)=O. The largest absolute Gasteiger partial charge is 0.424 e. The smallest absolute Gasteiger partial charge is 0.216 e. The normalized spacial score (nSPS) is 10.7. The Kier molecular flexibility index (Phi) is 7.50. The van der Waals surface area contributed by atoms with E-state index in [0.29, 0.717) is 0 Å². The van der Waals surface area contributed by atoms with E-state index in [9.17, 15) is 4.79 Å². The lowest BCUT2D eigenvalue weighted by atomic mass is 10.5. The maximum atomic E-state index is 10.4. The second-order valence-corrected chi connectivity index (χ2v) is 3.91. The number of hydrogen-bond donors (Lipinski definition) is 1. The lowest BCUT2D eigenvalue weighted by Gasteiger charge is -2.01. The Hall–Kier alpha value is -0.353. The Balaban J connectivity index is 2.85. The molecule has 0 spiro atoms. The summed E-state index contributed by atoms with van der Waals surface area (Å²) in [4.78, 5) is 10.4. The zero-order valence-corrected chi connectivity index (χ0v) is 8.77. The van der Waals surface area contributed by atoms with Crippen LogP contribution in [0.2, 0.25) is 6.04 Å². The molecule has 3 nitrogen and oxygen atoms in total. The standard InChI is InChI=1S/C7H17NO2Si/c1-3-10-11-6-4-5-8-7(2)9/h3-6,11H2,1-2H3,(H,8,9). The van der Waals surface area contributed by atoms with E-state index < -0.39 is 0 Å². The molecule has 0 aliphatic carbocycles. The molecule has 1 N–H and O–H groups in total. The van der Waals surface area contributed by atoms with Gasteiger partial charge in [-0.15, -0.1) is 0 Å². The van der Waals surface area contributed by atoms with Crippen LogP contribution in [0, 0.1) is 0 Å². The molecule has 11 heavy (non-hydrogen) atoms. The molecule has 0 saturated heterocycles. The molecule has 0 aromatic carbocycles. The summed E-state index contributed by atoms with van der Waals surface area (Å²) in [5.41, 5.74) is 0. The number of rotatable bonds is 6. The van der Waals surface area contributed by atoms with Gasteiger partial charge >= 0.3 is 0 Å². The van der Waals surface area contributed by atoms with Gasteiger partial charge in [0.05, 0.1) is 0 Å². The van der Waals surface area contributed by atoms with Crippen molar-refractivity contribution in [3.63, 3.8) is 0 Å². The van der Waals surface area contributed by atoms with E-state index in [-0.39, 0.29) is 15.7 Å². The molecule has 0 aliphatic rings. The summed E-state index contributed by atoms with van der Waals surface area (Å²) in [6, 6.07) is 1.16. The molecule has 0 rings (SSSR count). The fraction of sp³-hybridized carbons (Fsp3) is 0.857. The minimum absolute atomic E-state index is 0.0584. The Bertz CT molecular complexity index is 109. The molecule has 4 heteroatoms. The summed E-state index contributed by atoms with van der Waals surface area (Å²) >= 11 is 0.